The number of nitrogens with zero attached hydrogens (tertiary/aromatic N) is 2. The summed E-state index contributed by atoms with van der Waals surface area (Å²) in [5.74, 6) is 1.22. The van der Waals surface area contributed by atoms with Gasteiger partial charge in [0, 0.05) is 35.0 Å². The zero-order chi connectivity index (χ0) is 13.8. The molecule has 5 heteroatoms. The van der Waals surface area contributed by atoms with Gasteiger partial charge in [-0.2, -0.15) is 11.8 Å². The van der Waals surface area contributed by atoms with Crippen molar-refractivity contribution in [1.29, 1.82) is 0 Å². The monoisotopic (exact) mass is 299 g/mol. The van der Waals surface area contributed by atoms with Gasteiger partial charge >= 0.3 is 0 Å². The number of anilines is 1. The standard InChI is InChI=1S/C14H25N3S2/c1-5-6-15-9-13-10(2)16-14(19-13)17-7-8-18-12(4)11(17)3/h11-12,15H,5-9H2,1-4H3. The van der Waals surface area contributed by atoms with E-state index in [2.05, 4.69) is 49.7 Å². The SMILES string of the molecule is CCCNCc1sc(N2CCSC(C)C2C)nc1C. The first-order chi connectivity index (χ1) is 9.13. The third-order valence-electron chi connectivity index (χ3n) is 3.72. The second kappa shape index (κ2) is 6.95. The van der Waals surface area contributed by atoms with Gasteiger partial charge in [-0.15, -0.1) is 11.3 Å². The summed E-state index contributed by atoms with van der Waals surface area (Å²) in [5.41, 5.74) is 1.20. The Kier molecular flexibility index (Phi) is 5.54. The average Bonchev–Trinajstić information content (AvgIpc) is 2.75. The summed E-state index contributed by atoms with van der Waals surface area (Å²) in [7, 11) is 0. The molecular weight excluding hydrogens is 274 g/mol. The van der Waals surface area contributed by atoms with Crippen LogP contribution in [0.2, 0.25) is 0 Å². The molecule has 2 unspecified atom stereocenters. The van der Waals surface area contributed by atoms with Crippen molar-refractivity contribution < 1.29 is 0 Å². The number of rotatable bonds is 5. The van der Waals surface area contributed by atoms with E-state index in [0.717, 1.165) is 19.6 Å². The van der Waals surface area contributed by atoms with E-state index >= 15 is 0 Å². The topological polar surface area (TPSA) is 28.2 Å². The molecule has 0 radical (unpaired) electrons. The molecule has 1 fully saturated rings. The fourth-order valence-electron chi connectivity index (χ4n) is 2.28. The lowest BCUT2D eigenvalue weighted by Crippen LogP contribution is -2.44. The summed E-state index contributed by atoms with van der Waals surface area (Å²) < 4.78 is 0. The van der Waals surface area contributed by atoms with E-state index in [9.17, 15) is 0 Å². The molecule has 0 bridgehead atoms. The minimum atomic E-state index is 0.584. The third-order valence-corrected chi connectivity index (χ3v) is 6.26. The zero-order valence-electron chi connectivity index (χ0n) is 12.4. The Morgan fingerprint density at radius 2 is 2.21 bits per heavy atom. The summed E-state index contributed by atoms with van der Waals surface area (Å²) >= 11 is 3.94. The summed E-state index contributed by atoms with van der Waals surface area (Å²) in [6, 6.07) is 0.584. The Hall–Kier alpha value is -0.260. The van der Waals surface area contributed by atoms with E-state index in [-0.39, 0.29) is 0 Å². The minimum Gasteiger partial charge on any atom is -0.343 e. The normalized spacial score (nSPS) is 23.9. The van der Waals surface area contributed by atoms with E-state index < -0.39 is 0 Å². The lowest BCUT2D eigenvalue weighted by Gasteiger charge is -2.37. The van der Waals surface area contributed by atoms with Crippen LogP contribution in [0.1, 0.15) is 37.8 Å². The molecule has 2 heterocycles. The van der Waals surface area contributed by atoms with Crippen LogP contribution >= 0.6 is 23.1 Å². The van der Waals surface area contributed by atoms with Gasteiger partial charge in [0.2, 0.25) is 0 Å². The molecule has 0 amide bonds. The molecule has 1 saturated heterocycles. The van der Waals surface area contributed by atoms with Crippen molar-refractivity contribution in [3.63, 3.8) is 0 Å². The second-order valence-corrected chi connectivity index (χ2v) is 7.74. The van der Waals surface area contributed by atoms with Crippen LogP contribution < -0.4 is 10.2 Å². The molecule has 1 aliphatic rings. The summed E-state index contributed by atoms with van der Waals surface area (Å²) in [5, 5.41) is 5.38. The fourth-order valence-corrected chi connectivity index (χ4v) is 4.53. The Morgan fingerprint density at radius 3 is 2.95 bits per heavy atom. The van der Waals surface area contributed by atoms with Crippen molar-refractivity contribution >= 4 is 28.2 Å². The Labute approximate surface area is 125 Å². The van der Waals surface area contributed by atoms with Crippen LogP contribution in [0, 0.1) is 6.92 Å². The van der Waals surface area contributed by atoms with Crippen molar-refractivity contribution in [2.75, 3.05) is 23.7 Å². The first kappa shape index (κ1) is 15.1. The van der Waals surface area contributed by atoms with Gasteiger partial charge in [0.15, 0.2) is 5.13 Å². The molecule has 0 saturated carbocycles. The molecule has 1 aliphatic heterocycles. The molecule has 1 aromatic rings. The number of thiazole rings is 1. The van der Waals surface area contributed by atoms with Gasteiger partial charge in [-0.25, -0.2) is 4.98 Å². The smallest absolute Gasteiger partial charge is 0.186 e. The molecule has 19 heavy (non-hydrogen) atoms. The number of nitrogens with one attached hydrogen (secondary N) is 1. The van der Waals surface area contributed by atoms with Crippen LogP contribution in [0.15, 0.2) is 0 Å². The second-order valence-electron chi connectivity index (χ2n) is 5.19. The maximum atomic E-state index is 4.79. The van der Waals surface area contributed by atoms with Crippen molar-refractivity contribution in [3.05, 3.63) is 10.6 Å². The molecule has 2 rings (SSSR count). The Morgan fingerprint density at radius 1 is 1.42 bits per heavy atom. The van der Waals surface area contributed by atoms with Crippen LogP contribution in [0.25, 0.3) is 0 Å². The largest absolute Gasteiger partial charge is 0.343 e. The average molecular weight is 300 g/mol. The highest BCUT2D eigenvalue weighted by molar-refractivity contribution is 8.00. The maximum Gasteiger partial charge on any atom is 0.186 e. The predicted octanol–water partition coefficient (Wildman–Crippen LogP) is 3.28. The van der Waals surface area contributed by atoms with Crippen LogP contribution in [0.5, 0.6) is 0 Å². The van der Waals surface area contributed by atoms with Gasteiger partial charge in [-0.3, -0.25) is 0 Å². The molecule has 0 aromatic carbocycles. The Bertz CT molecular complexity index is 405. The van der Waals surface area contributed by atoms with Crippen LogP contribution in [0.3, 0.4) is 0 Å². The van der Waals surface area contributed by atoms with Crippen molar-refractivity contribution in [2.45, 2.75) is 52.0 Å². The van der Waals surface area contributed by atoms with Crippen molar-refractivity contribution in [3.8, 4) is 0 Å². The molecule has 2 atom stereocenters. The van der Waals surface area contributed by atoms with Gasteiger partial charge < -0.3 is 10.2 Å². The van der Waals surface area contributed by atoms with Gasteiger partial charge in [0.05, 0.1) is 5.69 Å². The van der Waals surface area contributed by atoms with E-state index in [1.807, 2.05) is 11.3 Å². The van der Waals surface area contributed by atoms with Crippen LogP contribution in [0.4, 0.5) is 5.13 Å². The van der Waals surface area contributed by atoms with E-state index in [1.54, 1.807) is 0 Å². The predicted molar refractivity (Wildman–Crippen MR) is 87.6 cm³/mol. The van der Waals surface area contributed by atoms with Gasteiger partial charge in [-0.1, -0.05) is 13.8 Å². The van der Waals surface area contributed by atoms with E-state index in [1.165, 1.54) is 27.9 Å². The maximum absolute atomic E-state index is 4.79. The number of aromatic nitrogens is 1. The highest BCUT2D eigenvalue weighted by atomic mass is 32.2. The number of thioether (sulfide) groups is 1. The van der Waals surface area contributed by atoms with Gasteiger partial charge in [0.1, 0.15) is 0 Å². The molecule has 1 aromatic heterocycles. The molecule has 0 aliphatic carbocycles. The molecule has 1 N–H and O–H groups in total. The van der Waals surface area contributed by atoms with Gasteiger partial charge in [0.25, 0.3) is 0 Å². The number of hydrogen-bond donors (Lipinski definition) is 1. The fraction of sp³-hybridized carbons (Fsp3) is 0.786. The number of aryl methyl sites for hydroxylation is 1. The minimum absolute atomic E-state index is 0.584. The highest BCUT2D eigenvalue weighted by Crippen LogP contribution is 2.33. The number of hydrogen-bond acceptors (Lipinski definition) is 5. The summed E-state index contributed by atoms with van der Waals surface area (Å²) in [6.07, 6.45) is 1.18. The molecule has 0 spiro atoms. The zero-order valence-corrected chi connectivity index (χ0v) is 14.0. The van der Waals surface area contributed by atoms with Crippen molar-refractivity contribution in [1.82, 2.24) is 10.3 Å². The molecule has 3 nitrogen and oxygen atoms in total. The first-order valence-electron chi connectivity index (χ1n) is 7.18. The van der Waals surface area contributed by atoms with Crippen LogP contribution in [-0.4, -0.2) is 35.1 Å². The van der Waals surface area contributed by atoms with Crippen LogP contribution in [-0.2, 0) is 6.54 Å². The highest BCUT2D eigenvalue weighted by Gasteiger charge is 2.27. The van der Waals surface area contributed by atoms with E-state index in [0.29, 0.717) is 11.3 Å². The first-order valence-corrected chi connectivity index (χ1v) is 9.05. The molecular formula is C14H25N3S2. The third kappa shape index (κ3) is 3.64. The summed E-state index contributed by atoms with van der Waals surface area (Å²) in [4.78, 5) is 8.67. The summed E-state index contributed by atoms with van der Waals surface area (Å²) in [6.45, 7) is 12.2. The lowest BCUT2D eigenvalue weighted by atomic mass is 10.2. The van der Waals surface area contributed by atoms with Gasteiger partial charge in [-0.05, 0) is 26.8 Å². The molecule has 108 valence electrons. The Balaban J connectivity index is 2.06. The quantitative estimate of drug-likeness (QED) is 0.845. The van der Waals surface area contributed by atoms with E-state index in [4.69, 9.17) is 4.98 Å². The van der Waals surface area contributed by atoms with Crippen molar-refractivity contribution in [2.24, 2.45) is 0 Å². The lowest BCUT2D eigenvalue weighted by molar-refractivity contribution is 0.625.